The van der Waals surface area contributed by atoms with E-state index in [-0.39, 0.29) is 6.61 Å². The SMILES string of the molecule is C[C@@H](O[C@H]1OCCN[C@H]1c1ccc(F)cc1)c1cc(C(F)(F)F)ccc1C(F)(F)F. The predicted octanol–water partition coefficient (Wildman–Crippen LogP) is 5.63. The number of rotatable bonds is 4. The van der Waals surface area contributed by atoms with Crippen LogP contribution < -0.4 is 5.32 Å². The largest absolute Gasteiger partial charge is 0.416 e. The van der Waals surface area contributed by atoms with Gasteiger partial charge in [-0.15, -0.1) is 0 Å². The second kappa shape index (κ2) is 8.52. The van der Waals surface area contributed by atoms with Crippen LogP contribution in [0.1, 0.15) is 41.3 Å². The van der Waals surface area contributed by atoms with Crippen molar-refractivity contribution in [2.24, 2.45) is 0 Å². The second-order valence-electron chi connectivity index (χ2n) is 6.80. The lowest BCUT2D eigenvalue weighted by Gasteiger charge is -2.35. The molecule has 3 nitrogen and oxygen atoms in total. The van der Waals surface area contributed by atoms with E-state index in [2.05, 4.69) is 5.32 Å². The fourth-order valence-corrected chi connectivity index (χ4v) is 3.25. The molecule has 1 heterocycles. The molecule has 1 aliphatic heterocycles. The molecule has 1 saturated heterocycles. The number of halogens is 7. The highest BCUT2D eigenvalue weighted by atomic mass is 19.4. The summed E-state index contributed by atoms with van der Waals surface area (Å²) in [4.78, 5) is 0. The van der Waals surface area contributed by atoms with Crippen molar-refractivity contribution in [3.8, 4) is 0 Å². The van der Waals surface area contributed by atoms with E-state index in [0.29, 0.717) is 30.3 Å². The number of morpholine rings is 1. The van der Waals surface area contributed by atoms with Crippen molar-refractivity contribution in [3.05, 3.63) is 70.5 Å². The van der Waals surface area contributed by atoms with Crippen LogP contribution in [0.2, 0.25) is 0 Å². The molecule has 2 aromatic carbocycles. The molecule has 3 atom stereocenters. The van der Waals surface area contributed by atoms with Gasteiger partial charge in [-0.25, -0.2) is 4.39 Å². The Kier molecular flexibility index (Phi) is 6.40. The summed E-state index contributed by atoms with van der Waals surface area (Å²) < 4.78 is 104. The lowest BCUT2D eigenvalue weighted by atomic mass is 9.99. The van der Waals surface area contributed by atoms with E-state index in [0.717, 1.165) is 0 Å². The molecule has 0 radical (unpaired) electrons. The van der Waals surface area contributed by atoms with Gasteiger partial charge in [0.25, 0.3) is 0 Å². The predicted molar refractivity (Wildman–Crippen MR) is 92.8 cm³/mol. The third-order valence-electron chi connectivity index (χ3n) is 4.71. The fourth-order valence-electron chi connectivity index (χ4n) is 3.25. The van der Waals surface area contributed by atoms with E-state index in [9.17, 15) is 30.7 Å². The summed E-state index contributed by atoms with van der Waals surface area (Å²) in [5.41, 5.74) is -2.51. The van der Waals surface area contributed by atoms with Gasteiger partial charge < -0.3 is 14.8 Å². The molecule has 0 aromatic heterocycles. The molecule has 0 aliphatic carbocycles. The Balaban J connectivity index is 1.91. The molecule has 2 aromatic rings. The van der Waals surface area contributed by atoms with E-state index in [1.807, 2.05) is 0 Å². The first-order chi connectivity index (χ1) is 14.0. The van der Waals surface area contributed by atoms with Gasteiger partial charge in [0.1, 0.15) is 5.82 Å². The summed E-state index contributed by atoms with van der Waals surface area (Å²) >= 11 is 0. The van der Waals surface area contributed by atoms with Crippen LogP contribution in [-0.4, -0.2) is 19.4 Å². The molecule has 0 bridgehead atoms. The molecule has 10 heteroatoms. The average molecular weight is 437 g/mol. The number of ether oxygens (including phenoxy) is 2. The van der Waals surface area contributed by atoms with Crippen molar-refractivity contribution in [2.45, 2.75) is 37.7 Å². The van der Waals surface area contributed by atoms with Gasteiger partial charge in [0.05, 0.1) is 29.9 Å². The Morgan fingerprint density at radius 3 is 2.27 bits per heavy atom. The van der Waals surface area contributed by atoms with E-state index < -0.39 is 53.3 Å². The van der Waals surface area contributed by atoms with Crippen molar-refractivity contribution >= 4 is 0 Å². The summed E-state index contributed by atoms with van der Waals surface area (Å²) in [6.07, 6.45) is -12.1. The first-order valence-electron chi connectivity index (χ1n) is 9.01. The van der Waals surface area contributed by atoms with Gasteiger partial charge in [0, 0.05) is 6.54 Å². The standard InChI is InChI=1S/C20H18F7NO2/c1-11(15-10-13(19(22,23)24)4-7-16(15)20(25,26)27)30-18-17(28-8-9-29-18)12-2-5-14(21)6-3-12/h2-7,10-11,17-18,28H,8-9H2,1H3/t11-,17+,18-/m1/s1. The van der Waals surface area contributed by atoms with Crippen molar-refractivity contribution in [1.82, 2.24) is 5.32 Å². The summed E-state index contributed by atoms with van der Waals surface area (Å²) in [7, 11) is 0. The van der Waals surface area contributed by atoms with Crippen LogP contribution in [0.15, 0.2) is 42.5 Å². The van der Waals surface area contributed by atoms with Gasteiger partial charge in [-0.05, 0) is 48.4 Å². The zero-order chi connectivity index (χ0) is 22.1. The van der Waals surface area contributed by atoms with Crippen LogP contribution in [-0.2, 0) is 21.8 Å². The van der Waals surface area contributed by atoms with Crippen LogP contribution in [0.25, 0.3) is 0 Å². The number of hydrogen-bond donors (Lipinski definition) is 1. The first kappa shape index (κ1) is 22.5. The highest BCUT2D eigenvalue weighted by Gasteiger charge is 2.39. The quantitative estimate of drug-likeness (QED) is 0.630. The molecule has 0 saturated carbocycles. The van der Waals surface area contributed by atoms with E-state index in [1.165, 1.54) is 31.2 Å². The molecule has 164 valence electrons. The fraction of sp³-hybridized carbons (Fsp3) is 0.400. The highest BCUT2D eigenvalue weighted by Crippen LogP contribution is 2.40. The summed E-state index contributed by atoms with van der Waals surface area (Å²) in [5, 5.41) is 3.07. The van der Waals surface area contributed by atoms with Gasteiger partial charge in [-0.2, -0.15) is 26.3 Å². The topological polar surface area (TPSA) is 30.5 Å². The summed E-state index contributed by atoms with van der Waals surface area (Å²) in [5.74, 6) is -0.472. The molecular formula is C20H18F7NO2. The van der Waals surface area contributed by atoms with Gasteiger partial charge in [-0.3, -0.25) is 0 Å². The molecule has 1 N–H and O–H groups in total. The molecule has 1 fully saturated rings. The van der Waals surface area contributed by atoms with Crippen molar-refractivity contribution < 1.29 is 40.2 Å². The minimum absolute atomic E-state index is 0.184. The van der Waals surface area contributed by atoms with Crippen molar-refractivity contribution in [3.63, 3.8) is 0 Å². The van der Waals surface area contributed by atoms with E-state index in [4.69, 9.17) is 9.47 Å². The maximum atomic E-state index is 13.4. The van der Waals surface area contributed by atoms with Crippen LogP contribution in [0.5, 0.6) is 0 Å². The lowest BCUT2D eigenvalue weighted by molar-refractivity contribution is -0.202. The molecule has 0 spiro atoms. The molecule has 0 amide bonds. The third-order valence-corrected chi connectivity index (χ3v) is 4.71. The summed E-state index contributed by atoms with van der Waals surface area (Å²) in [6, 6.07) is 5.94. The van der Waals surface area contributed by atoms with E-state index in [1.54, 1.807) is 0 Å². The number of alkyl halides is 6. The zero-order valence-electron chi connectivity index (χ0n) is 15.6. The Morgan fingerprint density at radius 2 is 1.67 bits per heavy atom. The second-order valence-corrected chi connectivity index (χ2v) is 6.80. The van der Waals surface area contributed by atoms with Crippen LogP contribution in [0.4, 0.5) is 30.7 Å². The van der Waals surface area contributed by atoms with Gasteiger partial charge in [-0.1, -0.05) is 12.1 Å². The Morgan fingerprint density at radius 1 is 1.00 bits per heavy atom. The molecular weight excluding hydrogens is 419 g/mol. The maximum absolute atomic E-state index is 13.4. The zero-order valence-corrected chi connectivity index (χ0v) is 15.6. The monoisotopic (exact) mass is 437 g/mol. The highest BCUT2D eigenvalue weighted by molar-refractivity contribution is 5.37. The number of nitrogens with one attached hydrogen (secondary N) is 1. The van der Waals surface area contributed by atoms with E-state index >= 15 is 0 Å². The van der Waals surface area contributed by atoms with Crippen molar-refractivity contribution in [1.29, 1.82) is 0 Å². The maximum Gasteiger partial charge on any atom is 0.416 e. The third kappa shape index (κ3) is 5.11. The smallest absolute Gasteiger partial charge is 0.349 e. The van der Waals surface area contributed by atoms with Crippen LogP contribution in [0.3, 0.4) is 0 Å². The molecule has 0 unspecified atom stereocenters. The molecule has 30 heavy (non-hydrogen) atoms. The number of benzene rings is 2. The normalized spacial score (nSPS) is 21.5. The Bertz CT molecular complexity index is 865. The Hall–Kier alpha value is -2.17. The van der Waals surface area contributed by atoms with Gasteiger partial charge in [0.2, 0.25) is 0 Å². The average Bonchev–Trinajstić information content (AvgIpc) is 2.67. The van der Waals surface area contributed by atoms with Crippen LogP contribution in [0, 0.1) is 5.82 Å². The van der Waals surface area contributed by atoms with Crippen LogP contribution >= 0.6 is 0 Å². The summed E-state index contributed by atoms with van der Waals surface area (Å²) in [6.45, 7) is 1.82. The number of hydrogen-bond acceptors (Lipinski definition) is 3. The first-order valence-corrected chi connectivity index (χ1v) is 9.01. The molecule has 1 aliphatic rings. The minimum Gasteiger partial charge on any atom is -0.349 e. The van der Waals surface area contributed by atoms with Crippen molar-refractivity contribution in [2.75, 3.05) is 13.2 Å². The van der Waals surface area contributed by atoms with Gasteiger partial charge >= 0.3 is 12.4 Å². The Labute approximate surface area is 167 Å². The molecule has 3 rings (SSSR count). The van der Waals surface area contributed by atoms with Gasteiger partial charge in [0.15, 0.2) is 6.29 Å². The minimum atomic E-state index is -4.86. The lowest BCUT2D eigenvalue weighted by Crippen LogP contribution is -2.43.